The third-order valence-electron chi connectivity index (χ3n) is 5.51. The van der Waals surface area contributed by atoms with Gasteiger partial charge >= 0.3 is 0 Å². The van der Waals surface area contributed by atoms with Crippen molar-refractivity contribution in [2.75, 3.05) is 26.2 Å². The number of para-hydroxylation sites is 3. The highest BCUT2D eigenvalue weighted by Crippen LogP contribution is 2.38. The molecule has 2 aliphatic rings. The minimum Gasteiger partial charge on any atom is -0.454 e. The first-order valence-electron chi connectivity index (χ1n) is 10.1. The maximum absolute atomic E-state index is 13.5. The Morgan fingerprint density at radius 2 is 1.59 bits per heavy atom. The summed E-state index contributed by atoms with van der Waals surface area (Å²) >= 11 is 5.79. The van der Waals surface area contributed by atoms with E-state index in [1.54, 1.807) is 0 Å². The van der Waals surface area contributed by atoms with Crippen molar-refractivity contribution in [1.82, 2.24) is 9.21 Å². The number of halogens is 2. The van der Waals surface area contributed by atoms with Crippen molar-refractivity contribution in [3.8, 4) is 11.5 Å². The zero-order valence-corrected chi connectivity index (χ0v) is 18.5. The molecular formula is C23H19ClFN3O3S. The lowest BCUT2D eigenvalue weighted by molar-refractivity contribution is 0.266. The summed E-state index contributed by atoms with van der Waals surface area (Å²) in [7, 11) is -3.78. The number of aliphatic imine (C=N–C) groups is 1. The molecule has 9 heteroatoms. The molecule has 0 unspecified atom stereocenters. The van der Waals surface area contributed by atoms with Gasteiger partial charge in [-0.1, -0.05) is 35.9 Å². The van der Waals surface area contributed by atoms with Crippen LogP contribution in [0.15, 0.2) is 76.6 Å². The van der Waals surface area contributed by atoms with E-state index in [0.29, 0.717) is 24.6 Å². The Labute approximate surface area is 190 Å². The van der Waals surface area contributed by atoms with Crippen molar-refractivity contribution in [2.24, 2.45) is 4.99 Å². The number of sulfonamides is 1. The second-order valence-corrected chi connectivity index (χ2v) is 9.81. The van der Waals surface area contributed by atoms with Crippen LogP contribution < -0.4 is 4.74 Å². The van der Waals surface area contributed by atoms with E-state index < -0.39 is 15.8 Å². The molecule has 0 N–H and O–H groups in total. The molecule has 1 saturated heterocycles. The number of fused-ring (bicyclic) bond motifs is 2. The van der Waals surface area contributed by atoms with E-state index in [1.807, 2.05) is 48.5 Å². The minimum atomic E-state index is -3.78. The van der Waals surface area contributed by atoms with Gasteiger partial charge < -0.3 is 9.64 Å². The molecule has 2 heterocycles. The summed E-state index contributed by atoms with van der Waals surface area (Å²) in [5.41, 5.74) is 1.57. The molecule has 0 atom stereocenters. The summed E-state index contributed by atoms with van der Waals surface area (Å²) in [6.07, 6.45) is 0. The lowest BCUT2D eigenvalue weighted by Gasteiger charge is -2.35. The van der Waals surface area contributed by atoms with E-state index in [-0.39, 0.29) is 23.0 Å². The van der Waals surface area contributed by atoms with Crippen LogP contribution in [0.5, 0.6) is 11.5 Å². The number of nitrogens with zero attached hydrogens (tertiary/aromatic N) is 3. The topological polar surface area (TPSA) is 62.2 Å². The Bertz CT molecular complexity index is 1320. The Kier molecular flexibility index (Phi) is 5.36. The highest BCUT2D eigenvalue weighted by atomic mass is 35.5. The third kappa shape index (κ3) is 3.74. The second-order valence-electron chi connectivity index (χ2n) is 7.47. The molecule has 0 amide bonds. The van der Waals surface area contributed by atoms with Gasteiger partial charge in [0.25, 0.3) is 0 Å². The first-order valence-corrected chi connectivity index (χ1v) is 11.9. The van der Waals surface area contributed by atoms with Gasteiger partial charge in [-0.2, -0.15) is 4.31 Å². The summed E-state index contributed by atoms with van der Waals surface area (Å²) in [5, 5.41) is -0.215. The molecule has 2 aliphatic heterocycles. The van der Waals surface area contributed by atoms with Crippen molar-refractivity contribution < 1.29 is 17.5 Å². The Balaban J connectivity index is 1.42. The van der Waals surface area contributed by atoms with E-state index >= 15 is 0 Å². The molecule has 3 aromatic rings. The minimum absolute atomic E-state index is 0.0168. The lowest BCUT2D eigenvalue weighted by atomic mass is 10.1. The maximum atomic E-state index is 13.5. The molecule has 0 spiro atoms. The molecule has 0 aromatic heterocycles. The summed E-state index contributed by atoms with van der Waals surface area (Å²) in [6, 6.07) is 18.7. The van der Waals surface area contributed by atoms with Crippen LogP contribution in [0.3, 0.4) is 0 Å². The van der Waals surface area contributed by atoms with Crippen molar-refractivity contribution in [1.29, 1.82) is 0 Å². The summed E-state index contributed by atoms with van der Waals surface area (Å²) in [6.45, 7) is 1.43. The van der Waals surface area contributed by atoms with Crippen molar-refractivity contribution >= 4 is 33.1 Å². The van der Waals surface area contributed by atoms with E-state index in [0.717, 1.165) is 29.2 Å². The van der Waals surface area contributed by atoms with Crippen LogP contribution >= 0.6 is 11.6 Å². The number of piperazine rings is 1. The lowest BCUT2D eigenvalue weighted by Crippen LogP contribution is -2.50. The monoisotopic (exact) mass is 471 g/mol. The molecule has 32 heavy (non-hydrogen) atoms. The summed E-state index contributed by atoms with van der Waals surface area (Å²) < 4.78 is 47.0. The Morgan fingerprint density at radius 1 is 0.906 bits per heavy atom. The second kappa shape index (κ2) is 8.20. The fourth-order valence-electron chi connectivity index (χ4n) is 3.84. The van der Waals surface area contributed by atoms with Gasteiger partial charge in [0.1, 0.15) is 23.1 Å². The number of amidine groups is 1. The zero-order valence-electron chi connectivity index (χ0n) is 16.9. The molecule has 0 aliphatic carbocycles. The van der Waals surface area contributed by atoms with Gasteiger partial charge in [-0.25, -0.2) is 17.8 Å². The first-order chi connectivity index (χ1) is 15.4. The van der Waals surface area contributed by atoms with Crippen LogP contribution in [0.25, 0.3) is 0 Å². The zero-order chi connectivity index (χ0) is 22.3. The van der Waals surface area contributed by atoms with Crippen LogP contribution in [0.4, 0.5) is 10.1 Å². The van der Waals surface area contributed by atoms with Crippen LogP contribution in [0.2, 0.25) is 5.02 Å². The predicted molar refractivity (Wildman–Crippen MR) is 121 cm³/mol. The highest BCUT2D eigenvalue weighted by molar-refractivity contribution is 7.89. The number of rotatable bonds is 2. The maximum Gasteiger partial charge on any atom is 0.243 e. The number of ether oxygens (including phenoxy) is 1. The van der Waals surface area contributed by atoms with E-state index in [1.165, 1.54) is 10.4 Å². The summed E-state index contributed by atoms with van der Waals surface area (Å²) in [5.74, 6) is 1.46. The molecule has 1 fully saturated rings. The predicted octanol–water partition coefficient (Wildman–Crippen LogP) is 4.67. The van der Waals surface area contributed by atoms with Gasteiger partial charge in [-0.05, 0) is 42.5 Å². The largest absolute Gasteiger partial charge is 0.454 e. The van der Waals surface area contributed by atoms with Crippen molar-refractivity contribution in [3.05, 3.63) is 83.1 Å². The van der Waals surface area contributed by atoms with Gasteiger partial charge in [0, 0.05) is 26.2 Å². The fourth-order valence-corrected chi connectivity index (χ4v) is 5.53. The van der Waals surface area contributed by atoms with E-state index in [2.05, 4.69) is 4.90 Å². The van der Waals surface area contributed by atoms with Crippen molar-refractivity contribution in [3.63, 3.8) is 0 Å². The van der Waals surface area contributed by atoms with Crippen LogP contribution in [0, 0.1) is 5.82 Å². The van der Waals surface area contributed by atoms with Gasteiger partial charge in [0.15, 0.2) is 5.75 Å². The van der Waals surface area contributed by atoms with Crippen molar-refractivity contribution in [2.45, 2.75) is 4.90 Å². The first kappa shape index (κ1) is 20.9. The third-order valence-corrected chi connectivity index (χ3v) is 7.69. The normalized spacial score (nSPS) is 16.4. The molecular weight excluding hydrogens is 453 g/mol. The molecule has 6 nitrogen and oxygen atoms in total. The molecule has 0 bridgehead atoms. The smallest absolute Gasteiger partial charge is 0.243 e. The fraction of sp³-hybridized carbons (Fsp3) is 0.174. The standard InChI is InChI=1S/C23H19ClFN3O3S/c24-18-15-16(9-10-19(18)25)32(29,30)28-13-11-27(12-14-28)23-17-5-1-3-7-21(17)31-22-8-4-2-6-20(22)26-23/h1-10,15H,11-14H2. The average Bonchev–Trinajstić information content (AvgIpc) is 2.97. The van der Waals surface area contributed by atoms with Crippen LogP contribution in [0.1, 0.15) is 5.56 Å². The molecule has 164 valence electrons. The van der Waals surface area contributed by atoms with Gasteiger partial charge in [-0.3, -0.25) is 0 Å². The van der Waals surface area contributed by atoms with Gasteiger partial charge in [-0.15, -0.1) is 0 Å². The molecule has 0 saturated carbocycles. The van der Waals surface area contributed by atoms with Gasteiger partial charge in [0.05, 0.1) is 15.5 Å². The van der Waals surface area contributed by atoms with E-state index in [4.69, 9.17) is 21.3 Å². The SMILES string of the molecule is O=S(=O)(c1ccc(F)c(Cl)c1)N1CCN(C2=Nc3ccccc3Oc3ccccc32)CC1. The van der Waals surface area contributed by atoms with Crippen LogP contribution in [-0.4, -0.2) is 49.6 Å². The number of hydrogen-bond acceptors (Lipinski definition) is 5. The van der Waals surface area contributed by atoms with Crippen LogP contribution in [-0.2, 0) is 10.0 Å². The summed E-state index contributed by atoms with van der Waals surface area (Å²) in [4.78, 5) is 6.91. The highest BCUT2D eigenvalue weighted by Gasteiger charge is 2.31. The Morgan fingerprint density at radius 3 is 2.34 bits per heavy atom. The number of benzene rings is 3. The number of hydrogen-bond donors (Lipinski definition) is 0. The van der Waals surface area contributed by atoms with Gasteiger partial charge in [0.2, 0.25) is 10.0 Å². The molecule has 0 radical (unpaired) electrons. The molecule has 5 rings (SSSR count). The quantitative estimate of drug-likeness (QED) is 0.545. The Hall–Kier alpha value is -2.94. The molecule has 3 aromatic carbocycles. The average molecular weight is 472 g/mol. The van der Waals surface area contributed by atoms with E-state index in [9.17, 15) is 12.8 Å².